The van der Waals surface area contributed by atoms with Gasteiger partial charge in [0.05, 0.1) is 6.54 Å². The minimum absolute atomic E-state index is 0.103. The van der Waals surface area contributed by atoms with Crippen LogP contribution in [0.2, 0.25) is 0 Å². The predicted octanol–water partition coefficient (Wildman–Crippen LogP) is 2.21. The van der Waals surface area contributed by atoms with E-state index in [1.165, 1.54) is 0 Å². The summed E-state index contributed by atoms with van der Waals surface area (Å²) in [5, 5.41) is 10.2. The molecule has 1 fully saturated rings. The summed E-state index contributed by atoms with van der Waals surface area (Å²) in [6.07, 6.45) is -4.50. The molecule has 1 unspecified atom stereocenters. The molecular weight excluding hydrogens is 365 g/mol. The van der Waals surface area contributed by atoms with Gasteiger partial charge in [-0.05, 0) is 31.9 Å². The number of benzene rings is 1. The van der Waals surface area contributed by atoms with Crippen molar-refractivity contribution in [3.05, 3.63) is 35.7 Å². The van der Waals surface area contributed by atoms with E-state index in [1.54, 1.807) is 6.07 Å². The van der Waals surface area contributed by atoms with Crippen LogP contribution in [0.5, 0.6) is 0 Å². The number of likely N-dealkylation sites (tertiary alicyclic amines) is 1. The van der Waals surface area contributed by atoms with Crippen molar-refractivity contribution < 1.29 is 27.2 Å². The van der Waals surface area contributed by atoms with Gasteiger partial charge in [0, 0.05) is 12.1 Å². The summed E-state index contributed by atoms with van der Waals surface area (Å²) in [7, 11) is 0. The summed E-state index contributed by atoms with van der Waals surface area (Å²) in [5.74, 6) is -2.29. The molecule has 2 amide bonds. The van der Waals surface area contributed by atoms with E-state index >= 15 is 0 Å². The molecule has 1 aliphatic rings. The Bertz CT molecular complexity index is 850. The standard InChI is InChI=1S/C17H17F3N4O3/c1-10-4-2-5-11(8-10)15-23-22-13(27-15)9-21-14(25)12-6-3-7-24(12)16(26)17(18,19)20/h2,4-5,8,12H,3,6-7,9H2,1H3,(H,21,25). The second kappa shape index (κ2) is 7.37. The van der Waals surface area contributed by atoms with Crippen molar-refractivity contribution in [3.8, 4) is 11.5 Å². The summed E-state index contributed by atoms with van der Waals surface area (Å²) < 4.78 is 43.3. The van der Waals surface area contributed by atoms with Crippen molar-refractivity contribution in [3.63, 3.8) is 0 Å². The van der Waals surface area contributed by atoms with Crippen LogP contribution in [-0.2, 0) is 16.1 Å². The monoisotopic (exact) mass is 382 g/mol. The SMILES string of the molecule is Cc1cccc(-c2nnc(CNC(=O)C3CCCN3C(=O)C(F)(F)F)o2)c1. The third kappa shape index (κ3) is 4.26. The summed E-state index contributed by atoms with van der Waals surface area (Å²) in [5.41, 5.74) is 1.73. The van der Waals surface area contributed by atoms with Gasteiger partial charge in [-0.2, -0.15) is 13.2 Å². The first-order chi connectivity index (χ1) is 12.8. The zero-order valence-electron chi connectivity index (χ0n) is 14.4. The largest absolute Gasteiger partial charge is 0.471 e. The topological polar surface area (TPSA) is 88.3 Å². The smallest absolute Gasteiger partial charge is 0.419 e. The van der Waals surface area contributed by atoms with E-state index in [2.05, 4.69) is 15.5 Å². The number of aromatic nitrogens is 2. The molecule has 27 heavy (non-hydrogen) atoms. The van der Waals surface area contributed by atoms with Crippen LogP contribution in [0.15, 0.2) is 28.7 Å². The second-order valence-electron chi connectivity index (χ2n) is 6.24. The fraction of sp³-hybridized carbons (Fsp3) is 0.412. The lowest BCUT2D eigenvalue weighted by Gasteiger charge is -2.24. The van der Waals surface area contributed by atoms with Crippen molar-refractivity contribution in [1.29, 1.82) is 0 Å². The Kier molecular flexibility index (Phi) is 5.15. The minimum Gasteiger partial charge on any atom is -0.419 e. The molecule has 10 heteroatoms. The van der Waals surface area contributed by atoms with Gasteiger partial charge in [-0.1, -0.05) is 17.7 Å². The zero-order valence-corrected chi connectivity index (χ0v) is 14.4. The number of aryl methyl sites for hydroxylation is 1. The average Bonchev–Trinajstić information content (AvgIpc) is 3.27. The lowest BCUT2D eigenvalue weighted by molar-refractivity contribution is -0.186. The highest BCUT2D eigenvalue weighted by Crippen LogP contribution is 2.26. The number of carbonyl (C=O) groups is 2. The number of amides is 2. The van der Waals surface area contributed by atoms with Gasteiger partial charge in [0.2, 0.25) is 17.7 Å². The van der Waals surface area contributed by atoms with Crippen LogP contribution in [0.4, 0.5) is 13.2 Å². The Morgan fingerprint density at radius 2 is 2.11 bits per heavy atom. The number of hydrogen-bond acceptors (Lipinski definition) is 5. The lowest BCUT2D eigenvalue weighted by Crippen LogP contribution is -2.50. The van der Waals surface area contributed by atoms with Gasteiger partial charge in [0.1, 0.15) is 6.04 Å². The molecule has 7 nitrogen and oxygen atoms in total. The van der Waals surface area contributed by atoms with Gasteiger partial charge in [-0.15, -0.1) is 10.2 Å². The minimum atomic E-state index is -5.00. The summed E-state index contributed by atoms with van der Waals surface area (Å²) in [6, 6.07) is 6.24. The molecule has 0 radical (unpaired) electrons. The molecule has 1 aliphatic heterocycles. The number of nitrogens with zero attached hydrogens (tertiary/aromatic N) is 3. The first-order valence-corrected chi connectivity index (χ1v) is 8.30. The normalized spacial score (nSPS) is 17.2. The molecule has 0 bridgehead atoms. The first-order valence-electron chi connectivity index (χ1n) is 8.30. The van der Waals surface area contributed by atoms with Gasteiger partial charge in [0.15, 0.2) is 0 Å². The van der Waals surface area contributed by atoms with E-state index in [1.807, 2.05) is 25.1 Å². The Labute approximate surface area is 152 Å². The van der Waals surface area contributed by atoms with Crippen molar-refractivity contribution in [2.24, 2.45) is 0 Å². The number of rotatable bonds is 4. The summed E-state index contributed by atoms with van der Waals surface area (Å²) >= 11 is 0. The van der Waals surface area contributed by atoms with Crippen molar-refractivity contribution >= 4 is 11.8 Å². The molecular formula is C17H17F3N4O3. The summed E-state index contributed by atoms with van der Waals surface area (Å²) in [4.78, 5) is 24.2. The highest BCUT2D eigenvalue weighted by Gasteiger charge is 2.47. The predicted molar refractivity (Wildman–Crippen MR) is 87.1 cm³/mol. The Morgan fingerprint density at radius 3 is 2.81 bits per heavy atom. The van der Waals surface area contributed by atoms with E-state index < -0.39 is 24.0 Å². The van der Waals surface area contributed by atoms with Crippen LogP contribution in [0.25, 0.3) is 11.5 Å². The van der Waals surface area contributed by atoms with E-state index in [0.29, 0.717) is 11.3 Å². The molecule has 1 saturated heterocycles. The molecule has 3 rings (SSSR count). The van der Waals surface area contributed by atoms with E-state index in [0.717, 1.165) is 11.1 Å². The Morgan fingerprint density at radius 1 is 1.33 bits per heavy atom. The molecule has 1 aromatic carbocycles. The van der Waals surface area contributed by atoms with Gasteiger partial charge < -0.3 is 14.6 Å². The second-order valence-corrected chi connectivity index (χ2v) is 6.24. The molecule has 2 aromatic rings. The van der Waals surface area contributed by atoms with Crippen molar-refractivity contribution in [2.75, 3.05) is 6.54 Å². The first kappa shape index (κ1) is 18.9. The van der Waals surface area contributed by atoms with Gasteiger partial charge in [-0.25, -0.2) is 0 Å². The van der Waals surface area contributed by atoms with Crippen molar-refractivity contribution in [2.45, 2.75) is 38.5 Å². The van der Waals surface area contributed by atoms with Crippen molar-refractivity contribution in [1.82, 2.24) is 20.4 Å². The maximum absolute atomic E-state index is 12.6. The quantitative estimate of drug-likeness (QED) is 0.876. The lowest BCUT2D eigenvalue weighted by atomic mass is 10.1. The van der Waals surface area contributed by atoms with Crippen LogP contribution in [0, 0.1) is 6.92 Å². The number of carbonyl (C=O) groups excluding carboxylic acids is 2. The molecule has 1 atom stereocenters. The van der Waals surface area contributed by atoms with E-state index in [9.17, 15) is 22.8 Å². The average molecular weight is 382 g/mol. The number of nitrogens with one attached hydrogen (secondary N) is 1. The Hall–Kier alpha value is -2.91. The van der Waals surface area contributed by atoms with Crippen LogP contribution in [0.1, 0.15) is 24.3 Å². The third-order valence-corrected chi connectivity index (χ3v) is 4.20. The molecule has 0 aliphatic carbocycles. The number of hydrogen-bond donors (Lipinski definition) is 1. The molecule has 1 N–H and O–H groups in total. The maximum Gasteiger partial charge on any atom is 0.471 e. The molecule has 0 spiro atoms. The molecule has 2 heterocycles. The molecule has 0 saturated carbocycles. The van der Waals surface area contributed by atoms with Gasteiger partial charge in [0.25, 0.3) is 0 Å². The summed E-state index contributed by atoms with van der Waals surface area (Å²) in [6.45, 7) is 1.67. The van der Waals surface area contributed by atoms with Crippen LogP contribution >= 0.6 is 0 Å². The highest BCUT2D eigenvalue weighted by atomic mass is 19.4. The molecule has 144 valence electrons. The maximum atomic E-state index is 12.6. The number of alkyl halides is 3. The van der Waals surface area contributed by atoms with E-state index in [4.69, 9.17) is 4.42 Å². The van der Waals surface area contributed by atoms with Crippen LogP contribution in [0.3, 0.4) is 0 Å². The Balaban J connectivity index is 1.62. The fourth-order valence-electron chi connectivity index (χ4n) is 2.95. The van der Waals surface area contributed by atoms with Crippen LogP contribution < -0.4 is 5.32 Å². The third-order valence-electron chi connectivity index (χ3n) is 4.20. The number of halogens is 3. The zero-order chi connectivity index (χ0) is 19.6. The highest BCUT2D eigenvalue weighted by molar-refractivity contribution is 5.90. The van der Waals surface area contributed by atoms with Gasteiger partial charge in [-0.3, -0.25) is 9.59 Å². The van der Waals surface area contributed by atoms with Gasteiger partial charge >= 0.3 is 12.1 Å². The van der Waals surface area contributed by atoms with Crippen LogP contribution in [-0.4, -0.2) is 45.7 Å². The fourth-order valence-corrected chi connectivity index (χ4v) is 2.95. The molecule has 1 aromatic heterocycles. The van der Waals surface area contributed by atoms with E-state index in [-0.39, 0.29) is 31.3 Å².